The van der Waals surface area contributed by atoms with Crippen LogP contribution in [0.25, 0.3) is 10.9 Å². The third-order valence-electron chi connectivity index (χ3n) is 4.80. The Hall–Kier alpha value is -1.82. The molecule has 3 rings (SSSR count). The van der Waals surface area contributed by atoms with Crippen molar-refractivity contribution in [3.05, 3.63) is 34.6 Å². The number of rotatable bonds is 6. The van der Waals surface area contributed by atoms with Crippen molar-refractivity contribution in [1.82, 2.24) is 14.9 Å². The highest BCUT2D eigenvalue weighted by molar-refractivity contribution is 8.00. The zero-order chi connectivity index (χ0) is 18.7. The summed E-state index contributed by atoms with van der Waals surface area (Å²) in [6.45, 7) is 6.67. The lowest BCUT2D eigenvalue weighted by Crippen LogP contribution is -2.34. The molecule has 5 nitrogen and oxygen atoms in total. The number of carbonyl (C=O) groups is 1. The highest BCUT2D eigenvalue weighted by Crippen LogP contribution is 2.33. The molecule has 1 aliphatic carbocycles. The van der Waals surface area contributed by atoms with Crippen LogP contribution >= 0.6 is 11.8 Å². The minimum Gasteiger partial charge on any atom is -0.355 e. The van der Waals surface area contributed by atoms with Crippen molar-refractivity contribution in [3.63, 3.8) is 0 Å². The predicted molar refractivity (Wildman–Crippen MR) is 107 cm³/mol. The molecule has 1 aromatic heterocycles. The third-order valence-corrected chi connectivity index (χ3v) is 5.87. The maximum Gasteiger partial charge on any atom is 0.262 e. The Labute approximate surface area is 158 Å². The number of fused-ring (bicyclic) bond motifs is 1. The molecule has 1 saturated carbocycles. The quantitative estimate of drug-likeness (QED) is 0.618. The molecular formula is C20H27N3O2S. The second-order valence-electron chi connectivity index (χ2n) is 7.42. The number of amides is 1. The van der Waals surface area contributed by atoms with E-state index in [0.29, 0.717) is 28.5 Å². The fourth-order valence-electron chi connectivity index (χ4n) is 3.35. The van der Waals surface area contributed by atoms with Gasteiger partial charge in [-0.15, -0.1) is 0 Å². The van der Waals surface area contributed by atoms with Crippen molar-refractivity contribution >= 4 is 28.6 Å². The molecule has 1 heterocycles. The summed E-state index contributed by atoms with van der Waals surface area (Å²) >= 11 is 1.39. The maximum absolute atomic E-state index is 13.1. The van der Waals surface area contributed by atoms with E-state index in [1.54, 1.807) is 0 Å². The van der Waals surface area contributed by atoms with Crippen molar-refractivity contribution in [2.24, 2.45) is 5.92 Å². The average molecular weight is 374 g/mol. The van der Waals surface area contributed by atoms with Gasteiger partial charge < -0.3 is 5.32 Å². The summed E-state index contributed by atoms with van der Waals surface area (Å²) in [6.07, 6.45) is 4.28. The number of nitrogens with one attached hydrogen (secondary N) is 1. The Morgan fingerprint density at radius 1 is 1.27 bits per heavy atom. The van der Waals surface area contributed by atoms with Crippen LogP contribution in [0.1, 0.15) is 52.5 Å². The topological polar surface area (TPSA) is 64.0 Å². The molecule has 0 unspecified atom stereocenters. The summed E-state index contributed by atoms with van der Waals surface area (Å²) < 4.78 is 1.84. The molecule has 1 N–H and O–H groups in total. The summed E-state index contributed by atoms with van der Waals surface area (Å²) in [5.74, 6) is 0.399. The van der Waals surface area contributed by atoms with Crippen LogP contribution in [-0.4, -0.2) is 27.3 Å². The molecule has 26 heavy (non-hydrogen) atoms. The lowest BCUT2D eigenvalue weighted by molar-refractivity contribution is -0.120. The van der Waals surface area contributed by atoms with Gasteiger partial charge >= 0.3 is 0 Å². The van der Waals surface area contributed by atoms with Gasteiger partial charge in [0, 0.05) is 12.6 Å². The Kier molecular flexibility index (Phi) is 6.01. The summed E-state index contributed by atoms with van der Waals surface area (Å²) in [7, 11) is 0. The molecule has 0 radical (unpaired) electrons. The van der Waals surface area contributed by atoms with E-state index in [0.717, 1.165) is 25.7 Å². The van der Waals surface area contributed by atoms with E-state index in [-0.39, 0.29) is 22.8 Å². The number of para-hydroxylation sites is 1. The molecule has 0 spiro atoms. The highest BCUT2D eigenvalue weighted by atomic mass is 32.2. The molecule has 140 valence electrons. The first-order valence-corrected chi connectivity index (χ1v) is 10.3. The van der Waals surface area contributed by atoms with E-state index in [1.807, 2.05) is 35.8 Å². The van der Waals surface area contributed by atoms with Crippen LogP contribution in [0.4, 0.5) is 0 Å². The van der Waals surface area contributed by atoms with E-state index in [2.05, 4.69) is 19.2 Å². The predicted octanol–water partition coefficient (Wildman–Crippen LogP) is 3.76. The van der Waals surface area contributed by atoms with Crippen LogP contribution in [0.3, 0.4) is 0 Å². The molecule has 0 saturated heterocycles. The second kappa shape index (κ2) is 8.25. The zero-order valence-electron chi connectivity index (χ0n) is 15.7. The molecule has 1 atom stereocenters. The molecule has 1 fully saturated rings. The minimum atomic E-state index is -0.297. The molecule has 2 aromatic rings. The molecule has 1 aromatic carbocycles. The van der Waals surface area contributed by atoms with Crippen molar-refractivity contribution in [1.29, 1.82) is 0 Å². The van der Waals surface area contributed by atoms with Crippen molar-refractivity contribution in [2.45, 2.75) is 62.9 Å². The first-order valence-electron chi connectivity index (χ1n) is 9.43. The molecule has 1 amide bonds. The summed E-state index contributed by atoms with van der Waals surface area (Å²) in [6, 6.07) is 7.65. The van der Waals surface area contributed by atoms with Crippen LogP contribution in [0.15, 0.2) is 34.2 Å². The number of carbonyl (C=O) groups excluding carboxylic acids is 1. The molecule has 0 aliphatic heterocycles. The summed E-state index contributed by atoms with van der Waals surface area (Å²) in [4.78, 5) is 30.2. The number of thioether (sulfide) groups is 1. The number of nitrogens with zero attached hydrogens (tertiary/aromatic N) is 2. The number of hydrogen-bond donors (Lipinski definition) is 1. The minimum absolute atomic E-state index is 0.0101. The summed E-state index contributed by atoms with van der Waals surface area (Å²) in [5, 5.41) is 3.98. The molecule has 1 aliphatic rings. The van der Waals surface area contributed by atoms with Crippen LogP contribution in [-0.2, 0) is 4.79 Å². The first-order chi connectivity index (χ1) is 12.5. The van der Waals surface area contributed by atoms with Gasteiger partial charge in [0.2, 0.25) is 5.91 Å². The van der Waals surface area contributed by atoms with Gasteiger partial charge in [-0.3, -0.25) is 14.2 Å². The van der Waals surface area contributed by atoms with E-state index >= 15 is 0 Å². The molecule has 6 heteroatoms. The van der Waals surface area contributed by atoms with E-state index in [4.69, 9.17) is 4.98 Å². The van der Waals surface area contributed by atoms with Gasteiger partial charge in [-0.2, -0.15) is 0 Å². The van der Waals surface area contributed by atoms with Crippen molar-refractivity contribution < 1.29 is 4.79 Å². The van der Waals surface area contributed by atoms with Gasteiger partial charge in [0.05, 0.1) is 16.2 Å². The van der Waals surface area contributed by atoms with E-state index in [1.165, 1.54) is 11.8 Å². The fraction of sp³-hybridized carbons (Fsp3) is 0.550. The first kappa shape index (κ1) is 19.0. The lowest BCUT2D eigenvalue weighted by atomic mass is 10.2. The van der Waals surface area contributed by atoms with Crippen LogP contribution in [0.5, 0.6) is 0 Å². The number of benzene rings is 1. The number of hydrogen-bond acceptors (Lipinski definition) is 4. The van der Waals surface area contributed by atoms with Gasteiger partial charge in [0.15, 0.2) is 5.16 Å². The van der Waals surface area contributed by atoms with E-state index in [9.17, 15) is 9.59 Å². The Bertz CT molecular complexity index is 841. The molecular weight excluding hydrogens is 346 g/mol. The Morgan fingerprint density at radius 2 is 1.96 bits per heavy atom. The smallest absolute Gasteiger partial charge is 0.262 e. The van der Waals surface area contributed by atoms with Gasteiger partial charge in [-0.25, -0.2) is 4.98 Å². The SMILES string of the molecule is CC(C)CNC(=O)[C@H](C)Sc1nc2ccccc2c(=O)n1C1CCCC1. The maximum atomic E-state index is 13.1. The van der Waals surface area contributed by atoms with Gasteiger partial charge in [0.25, 0.3) is 5.56 Å². The van der Waals surface area contributed by atoms with E-state index < -0.39 is 0 Å². The lowest BCUT2D eigenvalue weighted by Gasteiger charge is -2.20. The summed E-state index contributed by atoms with van der Waals surface area (Å²) in [5.41, 5.74) is 0.712. The fourth-order valence-corrected chi connectivity index (χ4v) is 4.36. The normalized spacial score (nSPS) is 16.3. The van der Waals surface area contributed by atoms with Crippen molar-refractivity contribution in [3.8, 4) is 0 Å². The molecule has 0 bridgehead atoms. The largest absolute Gasteiger partial charge is 0.355 e. The zero-order valence-corrected chi connectivity index (χ0v) is 16.5. The van der Waals surface area contributed by atoms with Gasteiger partial charge in [-0.1, -0.05) is 50.6 Å². The van der Waals surface area contributed by atoms with Gasteiger partial charge in [0.1, 0.15) is 0 Å². The standard InChI is InChI=1S/C20H27N3O2S/c1-13(2)12-21-18(24)14(3)26-20-22-17-11-7-6-10-16(17)19(25)23(20)15-8-4-5-9-15/h6-7,10-11,13-15H,4-5,8-9,12H2,1-3H3,(H,21,24)/t14-/m0/s1. The van der Waals surface area contributed by atoms with Gasteiger partial charge in [-0.05, 0) is 37.8 Å². The average Bonchev–Trinajstić information content (AvgIpc) is 3.14. The third kappa shape index (κ3) is 4.11. The van der Waals surface area contributed by atoms with Crippen LogP contribution in [0.2, 0.25) is 0 Å². The van der Waals surface area contributed by atoms with Crippen LogP contribution in [0, 0.1) is 5.92 Å². The monoisotopic (exact) mass is 373 g/mol. The Morgan fingerprint density at radius 3 is 2.65 bits per heavy atom. The number of aromatic nitrogens is 2. The van der Waals surface area contributed by atoms with Crippen molar-refractivity contribution in [2.75, 3.05) is 6.54 Å². The second-order valence-corrected chi connectivity index (χ2v) is 8.73. The van der Waals surface area contributed by atoms with Crippen LogP contribution < -0.4 is 10.9 Å². The Balaban J connectivity index is 1.94. The highest BCUT2D eigenvalue weighted by Gasteiger charge is 2.25.